The molecule has 3 aromatic rings. The van der Waals surface area contributed by atoms with Gasteiger partial charge in [-0.25, -0.2) is 4.98 Å². The number of carboxylic acids is 1. The number of carboxylic acid groups (broad SMARTS) is 1. The van der Waals surface area contributed by atoms with Crippen molar-refractivity contribution in [3.63, 3.8) is 0 Å². The molecule has 0 saturated carbocycles. The van der Waals surface area contributed by atoms with Crippen LogP contribution in [-0.2, 0) is 17.4 Å². The zero-order valence-corrected chi connectivity index (χ0v) is 14.5. The highest BCUT2D eigenvalue weighted by atomic mass is 35.5. The number of hydrogen-bond acceptors (Lipinski definition) is 3. The van der Waals surface area contributed by atoms with Gasteiger partial charge in [-0.05, 0) is 41.0 Å². The van der Waals surface area contributed by atoms with Crippen molar-refractivity contribution >= 4 is 28.3 Å². The average Bonchev–Trinajstić information content (AvgIpc) is 2.60. The molecule has 0 atom stereocenters. The summed E-state index contributed by atoms with van der Waals surface area (Å²) >= 11 is 5.86. The Bertz CT molecular complexity index is 1010. The normalized spacial score (nSPS) is 11.6. The van der Waals surface area contributed by atoms with Crippen LogP contribution in [0.2, 0.25) is 5.02 Å². The predicted molar refractivity (Wildman–Crippen MR) is 94.2 cm³/mol. The molecule has 1 heterocycles. The molecule has 0 aliphatic carbocycles. The van der Waals surface area contributed by atoms with Gasteiger partial charge in [-0.2, -0.15) is 13.2 Å². The van der Waals surface area contributed by atoms with Crippen LogP contribution in [0.3, 0.4) is 0 Å². The summed E-state index contributed by atoms with van der Waals surface area (Å²) in [5, 5.41) is 10.3. The molecule has 0 amide bonds. The second-order valence-electron chi connectivity index (χ2n) is 5.80. The van der Waals surface area contributed by atoms with Crippen molar-refractivity contribution in [1.82, 2.24) is 4.98 Å². The third-order valence-corrected chi connectivity index (χ3v) is 4.17. The molecule has 0 unspecified atom stereocenters. The van der Waals surface area contributed by atoms with Crippen LogP contribution in [0.1, 0.15) is 17.5 Å². The van der Waals surface area contributed by atoms with Crippen molar-refractivity contribution in [1.29, 1.82) is 0 Å². The molecule has 2 aromatic carbocycles. The first-order chi connectivity index (χ1) is 12.7. The van der Waals surface area contributed by atoms with E-state index in [1.807, 2.05) is 12.1 Å². The van der Waals surface area contributed by atoms with Crippen LogP contribution in [0, 0.1) is 0 Å². The first-order valence-electron chi connectivity index (χ1n) is 7.88. The summed E-state index contributed by atoms with van der Waals surface area (Å²) in [6.07, 6.45) is -3.47. The highest BCUT2D eigenvalue weighted by molar-refractivity contribution is 6.31. The van der Waals surface area contributed by atoms with E-state index in [0.717, 1.165) is 22.4 Å². The van der Waals surface area contributed by atoms with Gasteiger partial charge in [-0.3, -0.25) is 4.79 Å². The second-order valence-corrected chi connectivity index (χ2v) is 6.21. The number of halogens is 4. The number of aliphatic carboxylic acids is 1. The molecular formula is C19H13ClF3NO3. The maximum absolute atomic E-state index is 12.7. The lowest BCUT2D eigenvalue weighted by atomic mass is 10.0. The molecule has 0 fully saturated rings. The number of nitrogens with zero attached hydrogens (tertiary/aromatic N) is 1. The van der Waals surface area contributed by atoms with Gasteiger partial charge in [0.05, 0.1) is 5.56 Å². The summed E-state index contributed by atoms with van der Waals surface area (Å²) in [5.74, 6) is -0.659. The quantitative estimate of drug-likeness (QED) is 0.600. The SMILES string of the molecule is O=C(O)CCc1cccc2cc(Oc3ncc(C(F)(F)F)cc3Cl)ccc12. The zero-order chi connectivity index (χ0) is 19.6. The maximum atomic E-state index is 12.7. The standard InChI is InChI=1S/C19H13ClF3NO3/c20-16-9-13(19(21,22)23)10-24-18(16)27-14-5-6-15-11(4-7-17(25)26)2-1-3-12(15)8-14/h1-3,5-6,8-10H,4,7H2,(H,25,26). The molecule has 1 aromatic heterocycles. The van der Waals surface area contributed by atoms with Crippen LogP contribution in [0.15, 0.2) is 48.7 Å². The third kappa shape index (κ3) is 4.49. The van der Waals surface area contributed by atoms with Crippen molar-refractivity contribution in [2.45, 2.75) is 19.0 Å². The van der Waals surface area contributed by atoms with Crippen molar-refractivity contribution < 1.29 is 27.8 Å². The van der Waals surface area contributed by atoms with Crippen LogP contribution < -0.4 is 4.74 Å². The summed E-state index contributed by atoms with van der Waals surface area (Å²) in [4.78, 5) is 14.4. The fourth-order valence-corrected chi connectivity index (χ4v) is 2.82. The summed E-state index contributed by atoms with van der Waals surface area (Å²) < 4.78 is 43.5. The van der Waals surface area contributed by atoms with Crippen molar-refractivity contribution in [3.05, 3.63) is 64.8 Å². The first-order valence-corrected chi connectivity index (χ1v) is 8.26. The van der Waals surface area contributed by atoms with E-state index in [0.29, 0.717) is 18.4 Å². The van der Waals surface area contributed by atoms with Gasteiger partial charge < -0.3 is 9.84 Å². The van der Waals surface area contributed by atoms with Crippen LogP contribution in [0.5, 0.6) is 11.6 Å². The van der Waals surface area contributed by atoms with Gasteiger partial charge >= 0.3 is 12.1 Å². The lowest BCUT2D eigenvalue weighted by Crippen LogP contribution is -2.05. The van der Waals surface area contributed by atoms with Gasteiger partial charge in [0.1, 0.15) is 10.8 Å². The summed E-state index contributed by atoms with van der Waals surface area (Å²) in [6, 6.07) is 11.3. The summed E-state index contributed by atoms with van der Waals surface area (Å²) in [5.41, 5.74) is -0.0754. The minimum atomic E-state index is -4.54. The molecule has 0 spiro atoms. The van der Waals surface area contributed by atoms with Gasteiger partial charge in [0.2, 0.25) is 5.88 Å². The molecule has 3 rings (SSSR count). The molecule has 4 nitrogen and oxygen atoms in total. The number of alkyl halides is 3. The first kappa shape index (κ1) is 19.0. The molecule has 1 N–H and O–H groups in total. The van der Waals surface area contributed by atoms with E-state index >= 15 is 0 Å². The summed E-state index contributed by atoms with van der Waals surface area (Å²) in [6.45, 7) is 0. The predicted octanol–water partition coefficient (Wildman–Crippen LogP) is 5.72. The fourth-order valence-electron chi connectivity index (χ4n) is 2.62. The number of fused-ring (bicyclic) bond motifs is 1. The van der Waals surface area contributed by atoms with E-state index in [1.54, 1.807) is 24.3 Å². The Morgan fingerprint density at radius 2 is 1.96 bits per heavy atom. The topological polar surface area (TPSA) is 59.4 Å². The van der Waals surface area contributed by atoms with E-state index in [4.69, 9.17) is 21.4 Å². The van der Waals surface area contributed by atoms with Gasteiger partial charge in [0.15, 0.2) is 0 Å². The van der Waals surface area contributed by atoms with E-state index in [-0.39, 0.29) is 17.3 Å². The highest BCUT2D eigenvalue weighted by Gasteiger charge is 2.31. The Morgan fingerprint density at radius 3 is 2.63 bits per heavy atom. The lowest BCUT2D eigenvalue weighted by molar-refractivity contribution is -0.138. The van der Waals surface area contributed by atoms with E-state index in [2.05, 4.69) is 4.98 Å². The minimum absolute atomic E-state index is 0.0163. The van der Waals surface area contributed by atoms with E-state index in [9.17, 15) is 18.0 Å². The molecule has 0 bridgehead atoms. The van der Waals surface area contributed by atoms with Crippen LogP contribution in [0.25, 0.3) is 10.8 Å². The number of rotatable bonds is 5. The van der Waals surface area contributed by atoms with Gasteiger partial charge in [0.25, 0.3) is 0 Å². The lowest BCUT2D eigenvalue weighted by Gasteiger charge is -2.11. The molecule has 8 heteroatoms. The van der Waals surface area contributed by atoms with E-state index in [1.165, 1.54) is 0 Å². The zero-order valence-electron chi connectivity index (χ0n) is 13.8. The molecule has 140 valence electrons. The van der Waals surface area contributed by atoms with Crippen LogP contribution in [0.4, 0.5) is 13.2 Å². The van der Waals surface area contributed by atoms with Gasteiger partial charge in [0, 0.05) is 12.6 Å². The van der Waals surface area contributed by atoms with Crippen LogP contribution >= 0.6 is 11.6 Å². The maximum Gasteiger partial charge on any atom is 0.417 e. The van der Waals surface area contributed by atoms with Crippen LogP contribution in [-0.4, -0.2) is 16.1 Å². The fraction of sp³-hybridized carbons (Fsp3) is 0.158. The summed E-state index contributed by atoms with van der Waals surface area (Å²) in [7, 11) is 0. The Morgan fingerprint density at radius 1 is 1.19 bits per heavy atom. The van der Waals surface area contributed by atoms with E-state index < -0.39 is 17.7 Å². The van der Waals surface area contributed by atoms with Crippen molar-refractivity contribution in [2.75, 3.05) is 0 Å². The molecule has 0 aliphatic rings. The number of benzene rings is 2. The largest absolute Gasteiger partial charge is 0.481 e. The number of carbonyl (C=O) groups is 1. The Hall–Kier alpha value is -2.80. The Labute approximate surface area is 157 Å². The average molecular weight is 396 g/mol. The molecule has 27 heavy (non-hydrogen) atoms. The van der Waals surface area contributed by atoms with Gasteiger partial charge in [-0.15, -0.1) is 0 Å². The highest BCUT2D eigenvalue weighted by Crippen LogP contribution is 2.35. The second kappa shape index (κ2) is 7.44. The number of aromatic nitrogens is 1. The number of hydrogen-bond donors (Lipinski definition) is 1. The number of ether oxygens (including phenoxy) is 1. The minimum Gasteiger partial charge on any atom is -0.481 e. The molecular weight excluding hydrogens is 383 g/mol. The molecule has 0 saturated heterocycles. The number of pyridine rings is 1. The monoisotopic (exact) mass is 395 g/mol. The smallest absolute Gasteiger partial charge is 0.417 e. The number of aryl methyl sites for hydroxylation is 1. The third-order valence-electron chi connectivity index (χ3n) is 3.90. The van der Waals surface area contributed by atoms with Gasteiger partial charge in [-0.1, -0.05) is 35.9 Å². The Kier molecular flexibility index (Phi) is 5.23. The molecule has 0 aliphatic heterocycles. The van der Waals surface area contributed by atoms with Crippen molar-refractivity contribution in [3.8, 4) is 11.6 Å². The Balaban J connectivity index is 1.87. The van der Waals surface area contributed by atoms with Crippen molar-refractivity contribution in [2.24, 2.45) is 0 Å². The molecule has 0 radical (unpaired) electrons.